The Bertz CT molecular complexity index is 1260. The van der Waals surface area contributed by atoms with Crippen LogP contribution in [0.3, 0.4) is 0 Å². The van der Waals surface area contributed by atoms with Crippen LogP contribution in [0.25, 0.3) is 5.52 Å². The van der Waals surface area contributed by atoms with E-state index in [1.165, 1.54) is 0 Å². The van der Waals surface area contributed by atoms with E-state index in [4.69, 9.17) is 21.1 Å². The molecule has 3 aromatic rings. The van der Waals surface area contributed by atoms with E-state index >= 15 is 0 Å². The summed E-state index contributed by atoms with van der Waals surface area (Å²) in [5, 5.41) is 10.3. The number of halogens is 1. The molecule has 2 N–H and O–H groups in total. The molecule has 0 bridgehead atoms. The van der Waals surface area contributed by atoms with Crippen LogP contribution in [0.2, 0.25) is 5.02 Å². The molecule has 1 saturated carbocycles. The highest BCUT2D eigenvalue weighted by atomic mass is 35.5. The number of rotatable bonds is 6. The molecule has 2 fully saturated rings. The van der Waals surface area contributed by atoms with E-state index < -0.39 is 0 Å². The molecule has 0 radical (unpaired) electrons. The highest BCUT2D eigenvalue weighted by molar-refractivity contribution is 6.33. The molecule has 10 heteroatoms. The Hall–Kier alpha value is -3.30. The Balaban J connectivity index is 1.36. The Morgan fingerprint density at radius 2 is 2.03 bits per heavy atom. The van der Waals surface area contributed by atoms with Gasteiger partial charge in [0.15, 0.2) is 5.75 Å². The molecule has 34 heavy (non-hydrogen) atoms. The van der Waals surface area contributed by atoms with E-state index in [1.54, 1.807) is 53.2 Å². The van der Waals surface area contributed by atoms with Gasteiger partial charge in [0.2, 0.25) is 0 Å². The van der Waals surface area contributed by atoms with Gasteiger partial charge in [0.25, 0.3) is 5.91 Å². The SMILES string of the molecule is CO[C@@H]1CCN(C(=O)c2cn3nccc(Oc4ccc(NC(=O)NC5CC5)c(Cl)c4)c3c2C)C1. The van der Waals surface area contributed by atoms with Crippen molar-refractivity contribution in [3.05, 3.63) is 52.8 Å². The van der Waals surface area contributed by atoms with Crippen molar-refractivity contribution in [1.29, 1.82) is 0 Å². The number of urea groups is 1. The van der Waals surface area contributed by atoms with Crippen LogP contribution in [0.5, 0.6) is 11.5 Å². The molecular weight excluding hydrogens is 458 g/mol. The molecule has 2 aliphatic rings. The second-order valence-corrected chi connectivity index (χ2v) is 9.08. The summed E-state index contributed by atoms with van der Waals surface area (Å²) in [6.07, 6.45) is 6.26. The zero-order valence-corrected chi connectivity index (χ0v) is 19.8. The number of likely N-dealkylation sites (tertiary alicyclic amines) is 1. The van der Waals surface area contributed by atoms with Crippen molar-refractivity contribution in [2.24, 2.45) is 0 Å². The number of nitrogens with zero attached hydrogens (tertiary/aromatic N) is 3. The van der Waals surface area contributed by atoms with Gasteiger partial charge in [-0.2, -0.15) is 5.10 Å². The summed E-state index contributed by atoms with van der Waals surface area (Å²) in [5.41, 5.74) is 2.57. The van der Waals surface area contributed by atoms with Gasteiger partial charge in [-0.1, -0.05) is 11.6 Å². The Morgan fingerprint density at radius 3 is 2.74 bits per heavy atom. The number of aryl methyl sites for hydroxylation is 1. The quantitative estimate of drug-likeness (QED) is 0.546. The summed E-state index contributed by atoms with van der Waals surface area (Å²) >= 11 is 6.38. The monoisotopic (exact) mass is 483 g/mol. The van der Waals surface area contributed by atoms with E-state index in [-0.39, 0.29) is 24.1 Å². The van der Waals surface area contributed by atoms with E-state index in [0.717, 1.165) is 24.8 Å². The van der Waals surface area contributed by atoms with Gasteiger partial charge in [0.05, 0.1) is 28.6 Å². The van der Waals surface area contributed by atoms with Crippen molar-refractivity contribution < 1.29 is 19.1 Å². The van der Waals surface area contributed by atoms with Crippen LogP contribution in [-0.2, 0) is 4.74 Å². The van der Waals surface area contributed by atoms with Crippen LogP contribution >= 0.6 is 11.6 Å². The van der Waals surface area contributed by atoms with Gasteiger partial charge in [0, 0.05) is 44.6 Å². The maximum atomic E-state index is 13.1. The lowest BCUT2D eigenvalue weighted by Crippen LogP contribution is -2.30. The number of aromatic nitrogens is 2. The predicted octanol–water partition coefficient (Wildman–Crippen LogP) is 4.23. The molecule has 1 saturated heterocycles. The number of carbonyl (C=O) groups excluding carboxylic acids is 2. The second-order valence-electron chi connectivity index (χ2n) is 8.67. The molecule has 9 nitrogen and oxygen atoms in total. The number of anilines is 1. The smallest absolute Gasteiger partial charge is 0.319 e. The van der Waals surface area contributed by atoms with Gasteiger partial charge >= 0.3 is 6.03 Å². The molecular formula is C24H26ClN5O4. The van der Waals surface area contributed by atoms with Crippen molar-refractivity contribution in [1.82, 2.24) is 19.8 Å². The van der Waals surface area contributed by atoms with Crippen LogP contribution in [0.15, 0.2) is 36.7 Å². The number of methoxy groups -OCH3 is 1. The summed E-state index contributed by atoms with van der Waals surface area (Å²) in [7, 11) is 1.67. The Morgan fingerprint density at radius 1 is 1.21 bits per heavy atom. The van der Waals surface area contributed by atoms with Crippen molar-refractivity contribution >= 4 is 34.7 Å². The van der Waals surface area contributed by atoms with Crippen molar-refractivity contribution in [3.8, 4) is 11.5 Å². The lowest BCUT2D eigenvalue weighted by Gasteiger charge is -2.15. The summed E-state index contributed by atoms with van der Waals surface area (Å²) < 4.78 is 13.2. The first kappa shape index (κ1) is 22.5. The number of nitrogens with one attached hydrogen (secondary N) is 2. The van der Waals surface area contributed by atoms with E-state index in [0.29, 0.717) is 46.4 Å². The molecule has 0 spiro atoms. The average Bonchev–Trinajstić information content (AvgIpc) is 3.37. The van der Waals surface area contributed by atoms with E-state index in [1.807, 2.05) is 6.92 Å². The topological polar surface area (TPSA) is 97.2 Å². The number of benzene rings is 1. The minimum absolute atomic E-state index is 0.0450. The number of ether oxygens (including phenoxy) is 2. The zero-order valence-electron chi connectivity index (χ0n) is 19.0. The first-order valence-corrected chi connectivity index (χ1v) is 11.6. The highest BCUT2D eigenvalue weighted by Crippen LogP contribution is 2.34. The minimum atomic E-state index is -0.273. The molecule has 1 atom stereocenters. The van der Waals surface area contributed by atoms with Crippen LogP contribution in [0.1, 0.15) is 35.2 Å². The molecule has 0 unspecified atom stereocenters. The lowest BCUT2D eigenvalue weighted by molar-refractivity contribution is 0.0723. The summed E-state index contributed by atoms with van der Waals surface area (Å²) in [6.45, 7) is 3.13. The first-order valence-electron chi connectivity index (χ1n) is 11.3. The van der Waals surface area contributed by atoms with Gasteiger partial charge in [-0.25, -0.2) is 9.31 Å². The lowest BCUT2D eigenvalue weighted by atomic mass is 10.1. The third-order valence-electron chi connectivity index (χ3n) is 6.22. The van der Waals surface area contributed by atoms with E-state index in [9.17, 15) is 9.59 Å². The highest BCUT2D eigenvalue weighted by Gasteiger charge is 2.29. The van der Waals surface area contributed by atoms with Gasteiger partial charge in [0.1, 0.15) is 11.3 Å². The number of fused-ring (bicyclic) bond motifs is 1. The third-order valence-corrected chi connectivity index (χ3v) is 6.53. The maximum Gasteiger partial charge on any atom is 0.319 e. The van der Waals surface area contributed by atoms with Gasteiger partial charge in [-0.05, 0) is 43.9 Å². The van der Waals surface area contributed by atoms with Crippen LogP contribution in [0, 0.1) is 6.92 Å². The van der Waals surface area contributed by atoms with Crippen molar-refractivity contribution in [2.45, 2.75) is 38.3 Å². The Labute approximate surface area is 202 Å². The van der Waals surface area contributed by atoms with Gasteiger partial charge in [-0.15, -0.1) is 0 Å². The average molecular weight is 484 g/mol. The van der Waals surface area contributed by atoms with Crippen molar-refractivity contribution in [3.63, 3.8) is 0 Å². The molecule has 1 aromatic carbocycles. The molecule has 1 aliphatic heterocycles. The van der Waals surface area contributed by atoms with Crippen molar-refractivity contribution in [2.75, 3.05) is 25.5 Å². The number of hydrogen-bond acceptors (Lipinski definition) is 5. The van der Waals surface area contributed by atoms with Gasteiger partial charge < -0.3 is 25.0 Å². The third kappa shape index (κ3) is 4.53. The van der Waals surface area contributed by atoms with Crippen LogP contribution in [-0.4, -0.2) is 58.8 Å². The predicted molar refractivity (Wildman–Crippen MR) is 128 cm³/mol. The molecule has 2 aromatic heterocycles. The van der Waals surface area contributed by atoms with Crippen LogP contribution in [0.4, 0.5) is 10.5 Å². The summed E-state index contributed by atoms with van der Waals surface area (Å²) in [5.74, 6) is 1.00. The number of hydrogen-bond donors (Lipinski definition) is 2. The fourth-order valence-corrected chi connectivity index (χ4v) is 4.37. The van der Waals surface area contributed by atoms with E-state index in [2.05, 4.69) is 15.7 Å². The van der Waals surface area contributed by atoms with Crippen LogP contribution < -0.4 is 15.4 Å². The summed E-state index contributed by atoms with van der Waals surface area (Å²) in [4.78, 5) is 27.0. The number of carbonyl (C=O) groups is 2. The molecule has 178 valence electrons. The fourth-order valence-electron chi connectivity index (χ4n) is 4.16. The Kier molecular flexibility index (Phi) is 6.05. The van der Waals surface area contributed by atoms with Gasteiger partial charge in [-0.3, -0.25) is 4.79 Å². The normalized spacial score (nSPS) is 17.7. The maximum absolute atomic E-state index is 13.1. The standard InChI is InChI=1S/C24H26ClN5O4/c1-14-18(23(31)29-10-8-17(12-29)33-2)13-30-22(14)21(7-9-26-30)34-16-5-6-20(19(25)11-16)28-24(32)27-15-3-4-15/h5-7,9,11,13,15,17H,3-4,8,10,12H2,1-2H3,(H2,27,28,32)/t17-/m1/s1. The molecule has 5 rings (SSSR count). The molecule has 3 heterocycles. The second kappa shape index (κ2) is 9.15. The summed E-state index contributed by atoms with van der Waals surface area (Å²) in [6, 6.07) is 6.80. The fraction of sp³-hybridized carbons (Fsp3) is 0.375. The first-order chi connectivity index (χ1) is 16.4. The molecule has 3 amide bonds. The largest absolute Gasteiger partial charge is 0.455 e. The zero-order chi connectivity index (χ0) is 23.8. The molecule has 1 aliphatic carbocycles. The number of amides is 3. The minimum Gasteiger partial charge on any atom is -0.455 e.